The summed E-state index contributed by atoms with van der Waals surface area (Å²) in [7, 11) is -3.70. The quantitative estimate of drug-likeness (QED) is 0.609. The molecule has 0 aliphatic carbocycles. The van der Waals surface area contributed by atoms with Crippen LogP contribution in [-0.4, -0.2) is 69.9 Å². The summed E-state index contributed by atoms with van der Waals surface area (Å²) in [5.74, 6) is -1.51. The average molecular weight is 408 g/mol. The molecule has 0 radical (unpaired) electrons. The molecule has 1 saturated heterocycles. The van der Waals surface area contributed by atoms with E-state index in [4.69, 9.17) is 10.00 Å². The van der Waals surface area contributed by atoms with Crippen LogP contribution >= 0.6 is 0 Å². The molecule has 1 heterocycles. The number of nitrogens with zero attached hydrogens (tertiary/aromatic N) is 2. The SMILES string of the molecule is Cc1ccccc1CS(=O)(=O)CC(NC(=O)N1CCOCC1)C(=O)NCC#N. The number of amides is 3. The number of carbonyl (C=O) groups is 2. The highest BCUT2D eigenvalue weighted by molar-refractivity contribution is 7.90. The van der Waals surface area contributed by atoms with Crippen molar-refractivity contribution in [2.24, 2.45) is 0 Å². The lowest BCUT2D eigenvalue weighted by molar-refractivity contribution is -0.122. The molecule has 1 aromatic rings. The van der Waals surface area contributed by atoms with E-state index in [9.17, 15) is 18.0 Å². The van der Waals surface area contributed by atoms with Crippen LogP contribution in [0.25, 0.3) is 0 Å². The molecule has 28 heavy (non-hydrogen) atoms. The minimum Gasteiger partial charge on any atom is -0.378 e. The Morgan fingerprint density at radius 3 is 2.61 bits per heavy atom. The summed E-state index contributed by atoms with van der Waals surface area (Å²) in [6.45, 7) is 3.00. The van der Waals surface area contributed by atoms with Crippen LogP contribution in [0.4, 0.5) is 4.79 Å². The van der Waals surface area contributed by atoms with Crippen LogP contribution in [0.2, 0.25) is 0 Å². The third kappa shape index (κ3) is 6.51. The lowest BCUT2D eigenvalue weighted by Gasteiger charge is -2.29. The highest BCUT2D eigenvalue weighted by Gasteiger charge is 2.29. The number of nitrogens with one attached hydrogen (secondary N) is 2. The number of ether oxygens (including phenoxy) is 1. The Labute approximate surface area is 164 Å². The molecule has 152 valence electrons. The van der Waals surface area contributed by atoms with E-state index in [1.165, 1.54) is 4.90 Å². The predicted octanol–water partition coefficient (Wildman–Crippen LogP) is -0.0400. The van der Waals surface area contributed by atoms with Gasteiger partial charge in [0.25, 0.3) is 0 Å². The summed E-state index contributed by atoms with van der Waals surface area (Å²) >= 11 is 0. The van der Waals surface area contributed by atoms with E-state index in [2.05, 4.69) is 10.6 Å². The van der Waals surface area contributed by atoms with E-state index in [1.807, 2.05) is 19.1 Å². The van der Waals surface area contributed by atoms with Crippen molar-refractivity contribution in [3.8, 4) is 6.07 Å². The lowest BCUT2D eigenvalue weighted by Crippen LogP contribution is -2.55. The standard InChI is InChI=1S/C18H24N4O5S/c1-14-4-2-3-5-15(14)12-28(25,26)13-16(17(23)20-7-6-19)21-18(24)22-8-10-27-11-9-22/h2-5,16H,7-13H2,1H3,(H,20,23)(H,21,24). The summed E-state index contributed by atoms with van der Waals surface area (Å²) in [4.78, 5) is 26.2. The van der Waals surface area contributed by atoms with Gasteiger partial charge in [-0.2, -0.15) is 5.26 Å². The van der Waals surface area contributed by atoms with Gasteiger partial charge in [-0.25, -0.2) is 13.2 Å². The van der Waals surface area contributed by atoms with Gasteiger partial charge < -0.3 is 20.3 Å². The van der Waals surface area contributed by atoms with Gasteiger partial charge in [-0.15, -0.1) is 0 Å². The number of rotatable bonds is 7. The molecular formula is C18H24N4O5S. The molecule has 10 heteroatoms. The van der Waals surface area contributed by atoms with E-state index in [0.717, 1.165) is 5.56 Å². The van der Waals surface area contributed by atoms with Crippen LogP contribution < -0.4 is 10.6 Å². The second-order valence-electron chi connectivity index (χ2n) is 6.46. The van der Waals surface area contributed by atoms with E-state index in [0.29, 0.717) is 31.9 Å². The Bertz CT molecular complexity index is 844. The van der Waals surface area contributed by atoms with Crippen molar-refractivity contribution >= 4 is 21.8 Å². The van der Waals surface area contributed by atoms with Crippen LogP contribution in [0.15, 0.2) is 24.3 Å². The summed E-state index contributed by atoms with van der Waals surface area (Å²) in [5, 5.41) is 13.4. The fourth-order valence-corrected chi connectivity index (χ4v) is 4.42. The molecular weight excluding hydrogens is 384 g/mol. The first-order valence-electron chi connectivity index (χ1n) is 8.85. The van der Waals surface area contributed by atoms with E-state index in [1.54, 1.807) is 18.2 Å². The van der Waals surface area contributed by atoms with E-state index >= 15 is 0 Å². The fourth-order valence-electron chi connectivity index (χ4n) is 2.76. The van der Waals surface area contributed by atoms with Crippen molar-refractivity contribution in [2.45, 2.75) is 18.7 Å². The molecule has 1 aliphatic rings. The summed E-state index contributed by atoms with van der Waals surface area (Å²) in [5.41, 5.74) is 1.46. The average Bonchev–Trinajstić information content (AvgIpc) is 2.67. The van der Waals surface area contributed by atoms with Crippen molar-refractivity contribution in [1.82, 2.24) is 15.5 Å². The molecule has 1 fully saturated rings. The molecule has 1 aromatic carbocycles. The number of sulfone groups is 1. The van der Waals surface area contributed by atoms with Crippen LogP contribution in [-0.2, 0) is 25.1 Å². The van der Waals surface area contributed by atoms with E-state index in [-0.39, 0.29) is 12.3 Å². The molecule has 1 aliphatic heterocycles. The van der Waals surface area contributed by atoms with Crippen LogP contribution in [0.1, 0.15) is 11.1 Å². The summed E-state index contributed by atoms with van der Waals surface area (Å²) in [6.07, 6.45) is 0. The first-order chi connectivity index (χ1) is 13.3. The second kappa shape index (κ2) is 10.1. The Hall–Kier alpha value is -2.64. The number of aryl methyl sites for hydroxylation is 1. The molecule has 3 amide bonds. The van der Waals surface area contributed by atoms with Crippen LogP contribution in [0, 0.1) is 18.3 Å². The number of benzene rings is 1. The Balaban J connectivity index is 2.11. The number of hydrogen-bond donors (Lipinski definition) is 2. The zero-order valence-electron chi connectivity index (χ0n) is 15.7. The number of urea groups is 1. The molecule has 1 atom stereocenters. The predicted molar refractivity (Wildman–Crippen MR) is 102 cm³/mol. The van der Waals surface area contributed by atoms with Gasteiger partial charge in [0, 0.05) is 13.1 Å². The number of carbonyl (C=O) groups excluding carboxylic acids is 2. The first-order valence-corrected chi connectivity index (χ1v) is 10.7. The topological polar surface area (TPSA) is 129 Å². The third-order valence-corrected chi connectivity index (χ3v) is 5.90. The molecule has 0 bridgehead atoms. The van der Waals surface area contributed by atoms with Gasteiger partial charge in [0.15, 0.2) is 9.84 Å². The first kappa shape index (κ1) is 21.7. The van der Waals surface area contributed by atoms with Gasteiger partial charge in [0.05, 0.1) is 30.8 Å². The van der Waals surface area contributed by atoms with Crippen molar-refractivity contribution in [1.29, 1.82) is 5.26 Å². The van der Waals surface area contributed by atoms with Crippen molar-refractivity contribution in [3.05, 3.63) is 35.4 Å². The van der Waals surface area contributed by atoms with Gasteiger partial charge in [-0.1, -0.05) is 24.3 Å². The number of hydrogen-bond acceptors (Lipinski definition) is 6. The smallest absolute Gasteiger partial charge is 0.318 e. The lowest BCUT2D eigenvalue weighted by atomic mass is 10.1. The van der Waals surface area contributed by atoms with Crippen molar-refractivity contribution < 1.29 is 22.7 Å². The van der Waals surface area contributed by atoms with Gasteiger partial charge >= 0.3 is 6.03 Å². The minimum atomic E-state index is -3.70. The normalized spacial score (nSPS) is 15.4. The van der Waals surface area contributed by atoms with Gasteiger partial charge in [0.2, 0.25) is 5.91 Å². The molecule has 1 unspecified atom stereocenters. The molecule has 2 N–H and O–H groups in total. The van der Waals surface area contributed by atoms with Gasteiger partial charge in [0.1, 0.15) is 12.6 Å². The Morgan fingerprint density at radius 1 is 1.29 bits per heavy atom. The molecule has 0 spiro atoms. The van der Waals surface area contributed by atoms with Crippen LogP contribution in [0.5, 0.6) is 0 Å². The largest absolute Gasteiger partial charge is 0.378 e. The van der Waals surface area contributed by atoms with E-state index < -0.39 is 33.6 Å². The zero-order valence-corrected chi connectivity index (χ0v) is 16.5. The van der Waals surface area contributed by atoms with Gasteiger partial charge in [-0.3, -0.25) is 4.79 Å². The summed E-state index contributed by atoms with van der Waals surface area (Å²) in [6, 6.07) is 7.01. The minimum absolute atomic E-state index is 0.241. The monoisotopic (exact) mass is 408 g/mol. The fraction of sp³-hybridized carbons (Fsp3) is 0.500. The maximum Gasteiger partial charge on any atom is 0.318 e. The maximum absolute atomic E-state index is 12.7. The Kier molecular flexibility index (Phi) is 7.78. The zero-order chi connectivity index (χ0) is 20.6. The molecule has 9 nitrogen and oxygen atoms in total. The van der Waals surface area contributed by atoms with Crippen molar-refractivity contribution in [2.75, 3.05) is 38.6 Å². The number of morpholine rings is 1. The summed E-state index contributed by atoms with van der Waals surface area (Å²) < 4.78 is 30.5. The maximum atomic E-state index is 12.7. The van der Waals surface area contributed by atoms with Gasteiger partial charge in [-0.05, 0) is 18.1 Å². The second-order valence-corrected chi connectivity index (χ2v) is 8.57. The molecule has 0 aromatic heterocycles. The highest BCUT2D eigenvalue weighted by Crippen LogP contribution is 2.13. The molecule has 0 saturated carbocycles. The van der Waals surface area contributed by atoms with Crippen LogP contribution in [0.3, 0.4) is 0 Å². The highest BCUT2D eigenvalue weighted by atomic mass is 32.2. The number of nitriles is 1. The molecule has 2 rings (SSSR count). The Morgan fingerprint density at radius 2 is 1.96 bits per heavy atom. The van der Waals surface area contributed by atoms with Crippen molar-refractivity contribution in [3.63, 3.8) is 0 Å². The third-order valence-electron chi connectivity index (χ3n) is 4.31.